The zero-order valence-electron chi connectivity index (χ0n) is 20.7. The second-order valence-corrected chi connectivity index (χ2v) is 12.2. The van der Waals surface area contributed by atoms with Crippen molar-refractivity contribution in [3.05, 3.63) is 47.3 Å². The molecule has 5 rings (SSSR count). The zero-order chi connectivity index (χ0) is 22.5. The van der Waals surface area contributed by atoms with E-state index in [0.717, 1.165) is 36.0 Å². The van der Waals surface area contributed by atoms with Crippen molar-refractivity contribution in [2.45, 2.75) is 91.1 Å². The predicted molar refractivity (Wildman–Crippen MR) is 130 cm³/mol. The summed E-state index contributed by atoms with van der Waals surface area (Å²) in [6, 6.07) is 7.16. The molecule has 0 aliphatic heterocycles. The fraction of sp³-hybridized carbons (Fsp3) is 0.733. The van der Waals surface area contributed by atoms with E-state index < -0.39 is 0 Å². The highest BCUT2D eigenvalue weighted by Gasteiger charge is 2.59. The van der Waals surface area contributed by atoms with Gasteiger partial charge in [-0.3, -0.25) is 0 Å². The van der Waals surface area contributed by atoms with Crippen molar-refractivity contribution < 1.29 is 9.13 Å². The van der Waals surface area contributed by atoms with Crippen LogP contribution in [-0.2, 0) is 11.2 Å². The van der Waals surface area contributed by atoms with E-state index in [1.165, 1.54) is 63.4 Å². The topological polar surface area (TPSA) is 9.23 Å². The quantitative estimate of drug-likeness (QED) is 0.423. The molecule has 0 saturated heterocycles. The van der Waals surface area contributed by atoms with Crippen molar-refractivity contribution in [2.24, 2.45) is 40.4 Å². The van der Waals surface area contributed by atoms with E-state index in [1.807, 2.05) is 19.2 Å². The molecule has 8 atom stereocenters. The highest BCUT2D eigenvalue weighted by molar-refractivity contribution is 5.25. The Kier molecular flexibility index (Phi) is 6.06. The third-order valence-electron chi connectivity index (χ3n) is 11.0. The summed E-state index contributed by atoms with van der Waals surface area (Å²) in [5, 5.41) is 0. The van der Waals surface area contributed by atoms with Gasteiger partial charge in [-0.15, -0.1) is 0 Å². The number of rotatable bonds is 5. The molecule has 0 N–H and O–H groups in total. The third-order valence-corrected chi connectivity index (χ3v) is 11.0. The number of methoxy groups -OCH3 is 1. The van der Waals surface area contributed by atoms with Gasteiger partial charge < -0.3 is 4.74 Å². The molecule has 3 fully saturated rings. The molecule has 4 aliphatic rings. The van der Waals surface area contributed by atoms with Gasteiger partial charge in [-0.05, 0) is 122 Å². The lowest BCUT2D eigenvalue weighted by Crippen LogP contribution is -2.51. The molecular formula is C30H43FO. The Hall–Kier alpha value is -1.15. The van der Waals surface area contributed by atoms with Crippen LogP contribution in [0.5, 0.6) is 0 Å². The summed E-state index contributed by atoms with van der Waals surface area (Å²) in [7, 11) is 1.89. The lowest BCUT2D eigenvalue weighted by atomic mass is 9.47. The fourth-order valence-electron chi connectivity index (χ4n) is 9.05. The monoisotopic (exact) mass is 438 g/mol. The summed E-state index contributed by atoms with van der Waals surface area (Å²) >= 11 is 0. The van der Waals surface area contributed by atoms with Crippen molar-refractivity contribution in [1.82, 2.24) is 0 Å². The molecule has 0 spiro atoms. The fourth-order valence-corrected chi connectivity index (χ4v) is 9.05. The lowest BCUT2D eigenvalue weighted by Gasteiger charge is -2.58. The Balaban J connectivity index is 1.29. The van der Waals surface area contributed by atoms with Crippen LogP contribution in [0.25, 0.3) is 0 Å². The van der Waals surface area contributed by atoms with Crippen molar-refractivity contribution in [3.63, 3.8) is 0 Å². The van der Waals surface area contributed by atoms with Crippen LogP contribution in [0.15, 0.2) is 35.9 Å². The highest BCUT2D eigenvalue weighted by atomic mass is 19.1. The van der Waals surface area contributed by atoms with Gasteiger partial charge in [0.05, 0.1) is 6.10 Å². The van der Waals surface area contributed by atoms with E-state index in [0.29, 0.717) is 16.9 Å². The Labute approximate surface area is 195 Å². The van der Waals surface area contributed by atoms with E-state index in [4.69, 9.17) is 4.74 Å². The van der Waals surface area contributed by atoms with Crippen LogP contribution in [0.2, 0.25) is 0 Å². The Morgan fingerprint density at radius 3 is 2.56 bits per heavy atom. The molecule has 32 heavy (non-hydrogen) atoms. The van der Waals surface area contributed by atoms with Crippen LogP contribution in [-0.4, -0.2) is 13.2 Å². The van der Waals surface area contributed by atoms with Gasteiger partial charge in [-0.25, -0.2) is 4.39 Å². The summed E-state index contributed by atoms with van der Waals surface area (Å²) in [6.45, 7) is 7.76. The van der Waals surface area contributed by atoms with Gasteiger partial charge in [0.1, 0.15) is 5.82 Å². The summed E-state index contributed by atoms with van der Waals surface area (Å²) in [4.78, 5) is 0. The smallest absolute Gasteiger partial charge is 0.123 e. The van der Waals surface area contributed by atoms with Crippen molar-refractivity contribution in [2.75, 3.05) is 7.11 Å². The van der Waals surface area contributed by atoms with E-state index in [1.54, 1.807) is 17.7 Å². The molecule has 0 amide bonds. The van der Waals surface area contributed by atoms with Crippen LogP contribution in [0, 0.1) is 46.2 Å². The first-order valence-corrected chi connectivity index (χ1v) is 13.3. The molecule has 176 valence electrons. The van der Waals surface area contributed by atoms with Crippen LogP contribution in [0.4, 0.5) is 4.39 Å². The maximum absolute atomic E-state index is 13.3. The summed E-state index contributed by atoms with van der Waals surface area (Å²) in [5.41, 5.74) is 3.94. The van der Waals surface area contributed by atoms with Crippen molar-refractivity contribution in [1.29, 1.82) is 0 Å². The zero-order valence-corrected chi connectivity index (χ0v) is 20.7. The van der Waals surface area contributed by atoms with Crippen LogP contribution < -0.4 is 0 Å². The highest BCUT2D eigenvalue weighted by Crippen LogP contribution is 2.67. The van der Waals surface area contributed by atoms with Crippen LogP contribution in [0.3, 0.4) is 0 Å². The first-order valence-electron chi connectivity index (χ1n) is 13.3. The van der Waals surface area contributed by atoms with Gasteiger partial charge in [0, 0.05) is 7.11 Å². The summed E-state index contributed by atoms with van der Waals surface area (Å²) in [5.74, 6) is 4.13. The number of ether oxygens (including phenoxy) is 1. The summed E-state index contributed by atoms with van der Waals surface area (Å²) in [6.07, 6.45) is 16.1. The third kappa shape index (κ3) is 3.69. The SMILES string of the molecule is COC1CCC2(C)C(=CCC3C2CCC2(C)C3CCC2[C@@H](C)CCc2ccc(F)cc2)C1. The van der Waals surface area contributed by atoms with E-state index in [2.05, 4.69) is 26.8 Å². The minimum atomic E-state index is -0.126. The largest absolute Gasteiger partial charge is 0.381 e. The Morgan fingerprint density at radius 2 is 1.81 bits per heavy atom. The molecule has 0 aromatic heterocycles. The van der Waals surface area contributed by atoms with Gasteiger partial charge in [-0.2, -0.15) is 0 Å². The number of hydrogen-bond acceptors (Lipinski definition) is 1. The van der Waals surface area contributed by atoms with Crippen molar-refractivity contribution in [3.8, 4) is 0 Å². The Bertz CT molecular complexity index is 843. The number of benzene rings is 1. The number of halogens is 1. The van der Waals surface area contributed by atoms with E-state index in [9.17, 15) is 4.39 Å². The molecule has 3 saturated carbocycles. The molecule has 0 heterocycles. The predicted octanol–water partition coefficient (Wildman–Crippen LogP) is 7.99. The van der Waals surface area contributed by atoms with Gasteiger partial charge in [-0.1, -0.05) is 44.6 Å². The van der Waals surface area contributed by atoms with Gasteiger partial charge in [0.25, 0.3) is 0 Å². The number of allylic oxidation sites excluding steroid dienone is 1. The second-order valence-electron chi connectivity index (χ2n) is 12.2. The molecule has 0 radical (unpaired) electrons. The molecule has 0 bridgehead atoms. The maximum Gasteiger partial charge on any atom is 0.123 e. The molecule has 2 heteroatoms. The van der Waals surface area contributed by atoms with Gasteiger partial charge in [0.15, 0.2) is 0 Å². The maximum atomic E-state index is 13.3. The minimum absolute atomic E-state index is 0.126. The molecule has 1 aromatic carbocycles. The minimum Gasteiger partial charge on any atom is -0.381 e. The van der Waals surface area contributed by atoms with Gasteiger partial charge in [0.2, 0.25) is 0 Å². The average molecular weight is 439 g/mol. The Morgan fingerprint density at radius 1 is 1.03 bits per heavy atom. The molecule has 1 nitrogen and oxygen atoms in total. The van der Waals surface area contributed by atoms with E-state index in [-0.39, 0.29) is 5.82 Å². The molecule has 7 unspecified atom stereocenters. The first-order chi connectivity index (χ1) is 15.3. The number of aryl methyl sites for hydroxylation is 1. The second kappa shape index (κ2) is 8.57. The lowest BCUT2D eigenvalue weighted by molar-refractivity contribution is -0.0600. The van der Waals surface area contributed by atoms with Crippen molar-refractivity contribution >= 4 is 0 Å². The molecule has 4 aliphatic carbocycles. The normalized spacial score (nSPS) is 41.9. The number of fused-ring (bicyclic) bond motifs is 5. The standard InChI is InChI=1S/C30H43FO/c1-20(5-6-21-7-10-23(31)11-8-21)26-13-14-27-25-12-9-22-19-24(32-4)15-17-29(22,2)28(25)16-18-30(26,27)3/h7-11,20,24-28H,5-6,12-19H2,1-4H3/t20-,24?,25?,26?,27?,28?,29?,30?/m0/s1. The number of hydrogen-bond donors (Lipinski definition) is 0. The average Bonchev–Trinajstić information content (AvgIpc) is 3.15. The van der Waals surface area contributed by atoms with Crippen LogP contribution >= 0.6 is 0 Å². The van der Waals surface area contributed by atoms with Crippen LogP contribution in [0.1, 0.15) is 84.1 Å². The molecular weight excluding hydrogens is 395 g/mol. The first kappa shape index (κ1) is 22.6. The van der Waals surface area contributed by atoms with E-state index >= 15 is 0 Å². The van der Waals surface area contributed by atoms with Gasteiger partial charge >= 0.3 is 0 Å². The summed E-state index contributed by atoms with van der Waals surface area (Å²) < 4.78 is 19.0. The molecule has 1 aromatic rings.